The summed E-state index contributed by atoms with van der Waals surface area (Å²) in [6.45, 7) is 0.620. The monoisotopic (exact) mass is 438 g/mol. The second-order valence-electron chi connectivity index (χ2n) is 6.77. The number of nitrogens with one attached hydrogen (secondary N) is 1. The Hall–Kier alpha value is -1.69. The number of anilines is 1. The van der Waals surface area contributed by atoms with E-state index < -0.39 is 0 Å². The molecule has 4 nitrogen and oxygen atoms in total. The number of hydrogen-bond acceptors (Lipinski definition) is 3. The van der Waals surface area contributed by atoms with Crippen molar-refractivity contribution in [3.8, 4) is 11.5 Å². The Balaban J connectivity index is 1.87. The molecule has 2 aromatic carbocycles. The highest BCUT2D eigenvalue weighted by atomic mass is 35.5. The molecule has 0 aromatic heterocycles. The van der Waals surface area contributed by atoms with Gasteiger partial charge >= 0.3 is 0 Å². The Bertz CT molecular complexity index is 841. The number of benzene rings is 2. The number of hydrogen-bond donors (Lipinski definition) is 1. The van der Waals surface area contributed by atoms with Crippen molar-refractivity contribution < 1.29 is 9.47 Å². The first kappa shape index (κ1) is 21.0. The summed E-state index contributed by atoms with van der Waals surface area (Å²) in [4.78, 5) is 2.22. The van der Waals surface area contributed by atoms with Crippen LogP contribution >= 0.6 is 35.4 Å². The van der Waals surface area contributed by atoms with Gasteiger partial charge in [-0.1, -0.05) is 48.2 Å². The lowest BCUT2D eigenvalue weighted by atomic mass is 10.1. The second kappa shape index (κ2) is 9.68. The van der Waals surface area contributed by atoms with Crippen LogP contribution in [0.1, 0.15) is 31.2 Å². The van der Waals surface area contributed by atoms with Gasteiger partial charge in [0.2, 0.25) is 0 Å². The second-order valence-corrected chi connectivity index (χ2v) is 8.00. The number of thiocarbonyl (C=S) groups is 1. The summed E-state index contributed by atoms with van der Waals surface area (Å²) in [6, 6.07) is 11.6. The Morgan fingerprint density at radius 2 is 1.89 bits per heavy atom. The van der Waals surface area contributed by atoms with Gasteiger partial charge in [0.15, 0.2) is 16.6 Å². The van der Waals surface area contributed by atoms with Crippen molar-refractivity contribution in [2.75, 3.05) is 19.5 Å². The van der Waals surface area contributed by atoms with Crippen LogP contribution in [0.25, 0.3) is 0 Å². The average molecular weight is 439 g/mol. The summed E-state index contributed by atoms with van der Waals surface area (Å²) in [7, 11) is 3.30. The molecular formula is C21H24Cl2N2O2S. The van der Waals surface area contributed by atoms with Gasteiger partial charge in [0.25, 0.3) is 0 Å². The Morgan fingerprint density at radius 1 is 1.14 bits per heavy atom. The summed E-state index contributed by atoms with van der Waals surface area (Å²) in [5.41, 5.74) is 1.73. The molecule has 1 N–H and O–H groups in total. The van der Waals surface area contributed by atoms with Crippen LogP contribution < -0.4 is 14.8 Å². The molecule has 1 aliphatic rings. The molecule has 0 atom stereocenters. The molecule has 0 bridgehead atoms. The van der Waals surface area contributed by atoms with Crippen molar-refractivity contribution >= 4 is 46.2 Å². The first-order chi connectivity index (χ1) is 13.5. The minimum absolute atomic E-state index is 0.369. The highest BCUT2D eigenvalue weighted by Crippen LogP contribution is 2.34. The molecule has 0 saturated heterocycles. The Kier molecular flexibility index (Phi) is 7.27. The van der Waals surface area contributed by atoms with E-state index in [1.54, 1.807) is 32.4 Å². The topological polar surface area (TPSA) is 33.7 Å². The third-order valence-corrected chi connectivity index (χ3v) is 5.92. The molecule has 1 fully saturated rings. The van der Waals surface area contributed by atoms with Crippen LogP contribution in [0.4, 0.5) is 5.69 Å². The Labute approximate surface area is 181 Å². The van der Waals surface area contributed by atoms with E-state index in [2.05, 4.69) is 10.2 Å². The third-order valence-electron chi connectivity index (χ3n) is 5.02. The fourth-order valence-electron chi connectivity index (χ4n) is 3.62. The SMILES string of the molecule is COc1cccc(CN(C(=S)Nc2cc(Cl)ccc2Cl)C2CCCC2)c1OC. The van der Waals surface area contributed by atoms with Crippen LogP contribution in [0.15, 0.2) is 36.4 Å². The smallest absolute Gasteiger partial charge is 0.174 e. The van der Waals surface area contributed by atoms with E-state index in [0.717, 1.165) is 24.2 Å². The summed E-state index contributed by atoms with van der Waals surface area (Å²) < 4.78 is 11.1. The van der Waals surface area contributed by atoms with Crippen molar-refractivity contribution in [1.29, 1.82) is 0 Å². The van der Waals surface area contributed by atoms with E-state index in [9.17, 15) is 0 Å². The summed E-state index contributed by atoms with van der Waals surface area (Å²) in [6.07, 6.45) is 4.63. The molecule has 150 valence electrons. The molecule has 7 heteroatoms. The van der Waals surface area contributed by atoms with E-state index in [4.69, 9.17) is 44.9 Å². The molecule has 0 amide bonds. The third kappa shape index (κ3) is 4.83. The lowest BCUT2D eigenvalue weighted by molar-refractivity contribution is 0.300. The van der Waals surface area contributed by atoms with Gasteiger partial charge in [0.1, 0.15) is 0 Å². The van der Waals surface area contributed by atoms with Gasteiger partial charge < -0.3 is 19.7 Å². The van der Waals surface area contributed by atoms with Crippen molar-refractivity contribution in [3.05, 3.63) is 52.0 Å². The summed E-state index contributed by atoms with van der Waals surface area (Å²) in [5.74, 6) is 1.44. The maximum absolute atomic E-state index is 6.32. The number of nitrogens with zero attached hydrogens (tertiary/aromatic N) is 1. The molecule has 0 radical (unpaired) electrons. The van der Waals surface area contributed by atoms with Gasteiger partial charge in [-0.05, 0) is 49.3 Å². The summed E-state index contributed by atoms with van der Waals surface area (Å²) in [5, 5.41) is 5.10. The molecule has 0 spiro atoms. The summed E-state index contributed by atoms with van der Waals surface area (Å²) >= 11 is 18.2. The molecule has 0 aliphatic heterocycles. The van der Waals surface area contributed by atoms with Crippen molar-refractivity contribution in [2.24, 2.45) is 0 Å². The fourth-order valence-corrected chi connectivity index (χ4v) is 4.29. The number of halogens is 2. The van der Waals surface area contributed by atoms with Crippen LogP contribution in [-0.2, 0) is 6.54 Å². The lowest BCUT2D eigenvalue weighted by Crippen LogP contribution is -2.41. The maximum atomic E-state index is 6.32. The molecule has 0 unspecified atom stereocenters. The fraction of sp³-hybridized carbons (Fsp3) is 0.381. The molecular weight excluding hydrogens is 415 g/mol. The van der Waals surface area contributed by atoms with Crippen molar-refractivity contribution in [2.45, 2.75) is 38.3 Å². The van der Waals surface area contributed by atoms with E-state index in [1.807, 2.05) is 18.2 Å². The van der Waals surface area contributed by atoms with Crippen LogP contribution in [0, 0.1) is 0 Å². The first-order valence-corrected chi connectivity index (χ1v) is 10.4. The predicted octanol–water partition coefficient (Wildman–Crippen LogP) is 6.15. The highest BCUT2D eigenvalue weighted by molar-refractivity contribution is 7.80. The van der Waals surface area contributed by atoms with Crippen LogP contribution in [0.5, 0.6) is 11.5 Å². The number of rotatable bonds is 6. The van der Waals surface area contributed by atoms with Gasteiger partial charge in [0.05, 0.1) is 24.9 Å². The lowest BCUT2D eigenvalue weighted by Gasteiger charge is -2.32. The van der Waals surface area contributed by atoms with Crippen LogP contribution in [0.2, 0.25) is 10.0 Å². The number of methoxy groups -OCH3 is 2. The average Bonchev–Trinajstić information content (AvgIpc) is 3.22. The largest absolute Gasteiger partial charge is 0.493 e. The normalized spacial score (nSPS) is 14.0. The highest BCUT2D eigenvalue weighted by Gasteiger charge is 2.26. The zero-order chi connectivity index (χ0) is 20.1. The van der Waals surface area contributed by atoms with E-state index in [1.165, 1.54) is 12.8 Å². The van der Waals surface area contributed by atoms with E-state index in [-0.39, 0.29) is 0 Å². The first-order valence-electron chi connectivity index (χ1n) is 9.26. The minimum atomic E-state index is 0.369. The zero-order valence-electron chi connectivity index (χ0n) is 16.0. The van der Waals surface area contributed by atoms with E-state index in [0.29, 0.717) is 39.2 Å². The van der Waals surface area contributed by atoms with Gasteiger partial charge in [-0.15, -0.1) is 0 Å². The van der Waals surface area contributed by atoms with Crippen LogP contribution in [0.3, 0.4) is 0 Å². The maximum Gasteiger partial charge on any atom is 0.174 e. The number of para-hydroxylation sites is 1. The molecule has 3 rings (SSSR count). The molecule has 1 saturated carbocycles. The standard InChI is InChI=1S/C21H24Cl2N2O2S/c1-26-19-9-5-6-14(20(19)27-2)13-25(16-7-3-4-8-16)21(28)24-18-12-15(22)10-11-17(18)23/h5-6,9-12,16H,3-4,7-8,13H2,1-2H3,(H,24,28). The predicted molar refractivity (Wildman–Crippen MR) is 120 cm³/mol. The van der Waals surface area contributed by atoms with Crippen molar-refractivity contribution in [3.63, 3.8) is 0 Å². The van der Waals surface area contributed by atoms with Crippen molar-refractivity contribution in [1.82, 2.24) is 4.90 Å². The van der Waals surface area contributed by atoms with Gasteiger partial charge in [-0.3, -0.25) is 0 Å². The molecule has 2 aromatic rings. The van der Waals surface area contributed by atoms with Gasteiger partial charge in [-0.2, -0.15) is 0 Å². The van der Waals surface area contributed by atoms with Gasteiger partial charge in [-0.25, -0.2) is 0 Å². The van der Waals surface area contributed by atoms with Gasteiger partial charge in [0, 0.05) is 23.2 Å². The quantitative estimate of drug-likeness (QED) is 0.546. The van der Waals surface area contributed by atoms with E-state index >= 15 is 0 Å². The molecule has 0 heterocycles. The number of ether oxygens (including phenoxy) is 2. The molecule has 1 aliphatic carbocycles. The zero-order valence-corrected chi connectivity index (χ0v) is 18.3. The minimum Gasteiger partial charge on any atom is -0.493 e. The van der Waals surface area contributed by atoms with Crippen LogP contribution in [-0.4, -0.2) is 30.3 Å². The molecule has 28 heavy (non-hydrogen) atoms. The Morgan fingerprint density at radius 3 is 2.57 bits per heavy atom.